The first-order chi connectivity index (χ1) is 10.0. The summed E-state index contributed by atoms with van der Waals surface area (Å²) in [5, 5.41) is 12.8. The van der Waals surface area contributed by atoms with Gasteiger partial charge in [-0.25, -0.2) is 4.79 Å². The van der Waals surface area contributed by atoms with Gasteiger partial charge < -0.3 is 15.3 Å². The molecule has 1 saturated carbocycles. The standard InChI is InChI=1S/C17H32N2O2/c1-4-17(12-20)8-10-19(11-9-17)16(21)18-15-7-5-6-13(2)14(15)3/h13-15,20H,4-12H2,1-3H3,(H,18,21). The summed E-state index contributed by atoms with van der Waals surface area (Å²) in [5.41, 5.74) is 0.0451. The van der Waals surface area contributed by atoms with E-state index in [1.54, 1.807) is 0 Å². The molecule has 0 spiro atoms. The van der Waals surface area contributed by atoms with Gasteiger partial charge in [-0.05, 0) is 42.9 Å². The van der Waals surface area contributed by atoms with Gasteiger partial charge in [-0.3, -0.25) is 0 Å². The summed E-state index contributed by atoms with van der Waals surface area (Å²) in [7, 11) is 0. The Morgan fingerprint density at radius 2 is 1.95 bits per heavy atom. The lowest BCUT2D eigenvalue weighted by atomic mass is 9.77. The Balaban J connectivity index is 1.85. The number of aliphatic hydroxyl groups excluding tert-OH is 1. The van der Waals surface area contributed by atoms with Crippen molar-refractivity contribution in [3.05, 3.63) is 0 Å². The zero-order chi connectivity index (χ0) is 15.5. The fraction of sp³-hybridized carbons (Fsp3) is 0.941. The first kappa shape index (κ1) is 16.6. The Bertz CT molecular complexity index is 345. The normalized spacial score (nSPS) is 32.8. The molecule has 1 aliphatic heterocycles. The summed E-state index contributed by atoms with van der Waals surface area (Å²) in [4.78, 5) is 14.4. The van der Waals surface area contributed by atoms with Crippen molar-refractivity contribution in [3.8, 4) is 0 Å². The van der Waals surface area contributed by atoms with Crippen LogP contribution in [0.1, 0.15) is 59.3 Å². The van der Waals surface area contributed by atoms with Crippen LogP contribution in [0.4, 0.5) is 4.79 Å². The summed E-state index contributed by atoms with van der Waals surface area (Å²) < 4.78 is 0. The van der Waals surface area contributed by atoms with E-state index in [0.29, 0.717) is 17.9 Å². The smallest absolute Gasteiger partial charge is 0.317 e. The highest BCUT2D eigenvalue weighted by Gasteiger charge is 2.35. The number of nitrogens with zero attached hydrogens (tertiary/aromatic N) is 1. The molecule has 1 saturated heterocycles. The van der Waals surface area contributed by atoms with Gasteiger partial charge >= 0.3 is 6.03 Å². The van der Waals surface area contributed by atoms with Gasteiger partial charge in [0.1, 0.15) is 0 Å². The average molecular weight is 296 g/mol. The molecule has 1 aliphatic carbocycles. The number of aliphatic hydroxyl groups is 1. The number of nitrogens with one attached hydrogen (secondary N) is 1. The minimum Gasteiger partial charge on any atom is -0.396 e. The maximum absolute atomic E-state index is 12.5. The Morgan fingerprint density at radius 1 is 1.29 bits per heavy atom. The van der Waals surface area contributed by atoms with E-state index >= 15 is 0 Å². The number of rotatable bonds is 3. The van der Waals surface area contributed by atoms with Crippen molar-refractivity contribution in [2.75, 3.05) is 19.7 Å². The number of likely N-dealkylation sites (tertiary alicyclic amines) is 1. The van der Waals surface area contributed by atoms with Crippen molar-refractivity contribution < 1.29 is 9.90 Å². The lowest BCUT2D eigenvalue weighted by molar-refractivity contribution is 0.0503. The van der Waals surface area contributed by atoms with Gasteiger partial charge in [0.2, 0.25) is 0 Å². The molecule has 2 rings (SSSR count). The Kier molecular flexibility index (Phi) is 5.53. The van der Waals surface area contributed by atoms with Crippen LogP contribution in [0, 0.1) is 17.3 Å². The molecule has 2 aliphatic rings. The molecule has 2 N–H and O–H groups in total. The summed E-state index contributed by atoms with van der Waals surface area (Å²) in [6.45, 7) is 8.49. The SMILES string of the molecule is CCC1(CO)CCN(C(=O)NC2CCCC(C)C2C)CC1. The Morgan fingerprint density at radius 3 is 2.52 bits per heavy atom. The molecular weight excluding hydrogens is 264 g/mol. The molecule has 3 unspecified atom stereocenters. The number of hydrogen-bond donors (Lipinski definition) is 2. The molecule has 3 atom stereocenters. The second-order valence-corrected chi connectivity index (χ2v) is 7.32. The molecule has 4 nitrogen and oxygen atoms in total. The molecule has 0 radical (unpaired) electrons. The molecule has 122 valence electrons. The van der Waals surface area contributed by atoms with E-state index in [9.17, 15) is 9.90 Å². The van der Waals surface area contributed by atoms with Crippen LogP contribution in [0.5, 0.6) is 0 Å². The number of carbonyl (C=O) groups is 1. The van der Waals surface area contributed by atoms with Crippen LogP contribution in [0.25, 0.3) is 0 Å². The molecule has 4 heteroatoms. The zero-order valence-electron chi connectivity index (χ0n) is 13.9. The first-order valence-corrected chi connectivity index (χ1v) is 8.67. The minimum absolute atomic E-state index is 0.0451. The third-order valence-electron chi connectivity index (χ3n) is 6.21. The Labute approximate surface area is 129 Å². The quantitative estimate of drug-likeness (QED) is 0.841. The number of piperidine rings is 1. The van der Waals surface area contributed by atoms with Gasteiger partial charge in [-0.2, -0.15) is 0 Å². The zero-order valence-corrected chi connectivity index (χ0v) is 13.9. The molecule has 0 aromatic rings. The van der Waals surface area contributed by atoms with Crippen LogP contribution in [0.3, 0.4) is 0 Å². The lowest BCUT2D eigenvalue weighted by Crippen LogP contribution is -2.52. The van der Waals surface area contributed by atoms with E-state index in [0.717, 1.165) is 38.8 Å². The van der Waals surface area contributed by atoms with Crippen molar-refractivity contribution in [2.45, 2.75) is 65.3 Å². The fourth-order valence-corrected chi connectivity index (χ4v) is 3.84. The molecule has 2 amide bonds. The molecular formula is C17H32N2O2. The predicted octanol–water partition coefficient (Wildman–Crippen LogP) is 3.01. The number of carbonyl (C=O) groups excluding carboxylic acids is 1. The minimum atomic E-state index is 0.0451. The van der Waals surface area contributed by atoms with Gasteiger partial charge in [0.15, 0.2) is 0 Å². The highest BCUT2D eigenvalue weighted by atomic mass is 16.3. The monoisotopic (exact) mass is 296 g/mol. The number of hydrogen-bond acceptors (Lipinski definition) is 2. The number of urea groups is 1. The topological polar surface area (TPSA) is 52.6 Å². The second kappa shape index (κ2) is 6.99. The largest absolute Gasteiger partial charge is 0.396 e. The highest BCUT2D eigenvalue weighted by molar-refractivity contribution is 5.74. The maximum atomic E-state index is 12.5. The van der Waals surface area contributed by atoms with Crippen LogP contribution in [-0.2, 0) is 0 Å². The summed E-state index contributed by atoms with van der Waals surface area (Å²) in [6, 6.07) is 0.431. The van der Waals surface area contributed by atoms with Crippen molar-refractivity contribution in [1.29, 1.82) is 0 Å². The van der Waals surface area contributed by atoms with E-state index in [1.165, 1.54) is 12.8 Å². The summed E-state index contributed by atoms with van der Waals surface area (Å²) in [6.07, 6.45) is 6.46. The van der Waals surface area contributed by atoms with E-state index in [-0.39, 0.29) is 18.1 Å². The van der Waals surface area contributed by atoms with Crippen LogP contribution < -0.4 is 5.32 Å². The Hall–Kier alpha value is -0.770. The molecule has 0 aromatic heterocycles. The second-order valence-electron chi connectivity index (χ2n) is 7.32. The molecule has 0 aromatic carbocycles. The third kappa shape index (κ3) is 3.71. The fourth-order valence-electron chi connectivity index (χ4n) is 3.84. The van der Waals surface area contributed by atoms with Gasteiger partial charge in [-0.15, -0.1) is 0 Å². The van der Waals surface area contributed by atoms with Crippen LogP contribution in [0.15, 0.2) is 0 Å². The van der Waals surface area contributed by atoms with Crippen molar-refractivity contribution in [3.63, 3.8) is 0 Å². The van der Waals surface area contributed by atoms with E-state index < -0.39 is 0 Å². The predicted molar refractivity (Wildman–Crippen MR) is 85.1 cm³/mol. The van der Waals surface area contributed by atoms with E-state index in [4.69, 9.17) is 0 Å². The van der Waals surface area contributed by atoms with Crippen molar-refractivity contribution in [2.24, 2.45) is 17.3 Å². The summed E-state index contributed by atoms with van der Waals surface area (Å²) >= 11 is 0. The van der Waals surface area contributed by atoms with Crippen molar-refractivity contribution in [1.82, 2.24) is 10.2 Å². The van der Waals surface area contributed by atoms with Gasteiger partial charge in [0, 0.05) is 25.7 Å². The molecule has 1 heterocycles. The van der Waals surface area contributed by atoms with Gasteiger partial charge in [0.25, 0.3) is 0 Å². The van der Waals surface area contributed by atoms with Gasteiger partial charge in [-0.1, -0.05) is 33.6 Å². The maximum Gasteiger partial charge on any atom is 0.317 e. The highest BCUT2D eigenvalue weighted by Crippen LogP contribution is 2.34. The molecule has 21 heavy (non-hydrogen) atoms. The molecule has 2 fully saturated rings. The third-order valence-corrected chi connectivity index (χ3v) is 6.21. The van der Waals surface area contributed by atoms with Crippen LogP contribution >= 0.6 is 0 Å². The van der Waals surface area contributed by atoms with E-state index in [2.05, 4.69) is 26.1 Å². The van der Waals surface area contributed by atoms with Crippen LogP contribution in [-0.4, -0.2) is 41.8 Å². The van der Waals surface area contributed by atoms with Crippen molar-refractivity contribution >= 4 is 6.03 Å². The first-order valence-electron chi connectivity index (χ1n) is 8.67. The molecule has 0 bridgehead atoms. The van der Waals surface area contributed by atoms with Gasteiger partial charge in [0.05, 0.1) is 0 Å². The number of amides is 2. The average Bonchev–Trinajstić information content (AvgIpc) is 2.52. The van der Waals surface area contributed by atoms with E-state index in [1.807, 2.05) is 4.90 Å². The lowest BCUT2D eigenvalue weighted by Gasteiger charge is -2.41. The van der Waals surface area contributed by atoms with Crippen LogP contribution in [0.2, 0.25) is 0 Å². The summed E-state index contributed by atoms with van der Waals surface area (Å²) in [5.74, 6) is 1.27.